The molecule has 3 heterocycles. The number of pyridine rings is 1. The summed E-state index contributed by atoms with van der Waals surface area (Å²) in [5.41, 5.74) is 9.10. The molecule has 0 saturated heterocycles. The normalized spacial score (nSPS) is 13.2. The van der Waals surface area contributed by atoms with Crippen LogP contribution in [-0.2, 0) is 19.5 Å². The summed E-state index contributed by atoms with van der Waals surface area (Å²) in [4.78, 5) is 7.12. The van der Waals surface area contributed by atoms with Gasteiger partial charge in [-0.15, -0.1) is 12.4 Å². The fourth-order valence-corrected chi connectivity index (χ4v) is 4.48. The Morgan fingerprint density at radius 2 is 1.70 bits per heavy atom. The van der Waals surface area contributed by atoms with Gasteiger partial charge in [0.05, 0.1) is 23.3 Å². The maximum atomic E-state index is 14.4. The highest BCUT2D eigenvalue weighted by Gasteiger charge is 2.22. The maximum Gasteiger partial charge on any atom is 0.128 e. The molecule has 0 bridgehead atoms. The van der Waals surface area contributed by atoms with Gasteiger partial charge in [-0.05, 0) is 49.1 Å². The minimum absolute atomic E-state index is 0. The van der Waals surface area contributed by atoms with Crippen molar-refractivity contribution in [2.45, 2.75) is 33.4 Å². The van der Waals surface area contributed by atoms with Crippen LogP contribution in [0.15, 0.2) is 60.8 Å². The number of aromatic nitrogens is 2. The zero-order valence-corrected chi connectivity index (χ0v) is 18.0. The first-order valence-corrected chi connectivity index (χ1v) is 10.1. The number of aryl methyl sites for hydroxylation is 1. The van der Waals surface area contributed by atoms with E-state index >= 15 is 0 Å². The quantitative estimate of drug-likeness (QED) is 0.415. The number of rotatable bonds is 3. The Hall–Kier alpha value is -2.85. The molecule has 0 atom stereocenters. The predicted molar refractivity (Wildman–Crippen MR) is 123 cm³/mol. The summed E-state index contributed by atoms with van der Waals surface area (Å²) < 4.78 is 16.6. The Labute approximate surface area is 182 Å². The highest BCUT2D eigenvalue weighted by atomic mass is 35.5. The van der Waals surface area contributed by atoms with Gasteiger partial charge in [-0.1, -0.05) is 42.5 Å². The average Bonchev–Trinajstić information content (AvgIpc) is 3.00. The van der Waals surface area contributed by atoms with Gasteiger partial charge in [0.1, 0.15) is 5.82 Å². The standard InChI is InChI=1S/C25H24FN3.ClH/c1-17-18(2)29(16-21-9-5-6-10-22(21)26)25-23(11-13-27-24(17)25)28-14-12-19-7-3-4-8-20(19)15-28;/h3-11,13H,12,14-16H2,1-2H3;1H. The minimum Gasteiger partial charge on any atom is -0.365 e. The molecule has 2 aromatic carbocycles. The Morgan fingerprint density at radius 1 is 0.967 bits per heavy atom. The van der Waals surface area contributed by atoms with E-state index < -0.39 is 0 Å². The predicted octanol–water partition coefficient (Wildman–Crippen LogP) is 5.83. The van der Waals surface area contributed by atoms with Crippen molar-refractivity contribution < 1.29 is 4.39 Å². The van der Waals surface area contributed by atoms with Crippen molar-refractivity contribution in [3.63, 3.8) is 0 Å². The first-order valence-electron chi connectivity index (χ1n) is 10.1. The van der Waals surface area contributed by atoms with Gasteiger partial charge in [-0.2, -0.15) is 0 Å². The molecular weight excluding hydrogens is 397 g/mol. The van der Waals surface area contributed by atoms with Crippen molar-refractivity contribution in [2.75, 3.05) is 11.4 Å². The van der Waals surface area contributed by atoms with Gasteiger partial charge >= 0.3 is 0 Å². The second kappa shape index (κ2) is 8.11. The van der Waals surface area contributed by atoms with Crippen LogP contribution in [0, 0.1) is 19.7 Å². The molecule has 0 aliphatic carbocycles. The van der Waals surface area contributed by atoms with Gasteiger partial charge in [0.15, 0.2) is 0 Å². The fraction of sp³-hybridized carbons (Fsp3) is 0.240. The summed E-state index contributed by atoms with van der Waals surface area (Å²) >= 11 is 0. The van der Waals surface area contributed by atoms with Crippen molar-refractivity contribution in [3.05, 3.63) is 94.6 Å². The van der Waals surface area contributed by atoms with Crippen molar-refractivity contribution in [2.24, 2.45) is 0 Å². The molecule has 4 aromatic rings. The first kappa shape index (κ1) is 20.4. The lowest BCUT2D eigenvalue weighted by molar-refractivity contribution is 0.600. The van der Waals surface area contributed by atoms with E-state index in [1.165, 1.54) is 22.9 Å². The Bertz CT molecular complexity index is 1210. The summed E-state index contributed by atoms with van der Waals surface area (Å²) in [7, 11) is 0. The molecule has 0 unspecified atom stereocenters. The zero-order chi connectivity index (χ0) is 20.0. The van der Waals surface area contributed by atoms with Crippen LogP contribution < -0.4 is 4.90 Å². The average molecular weight is 422 g/mol. The first-order chi connectivity index (χ1) is 14.1. The van der Waals surface area contributed by atoms with Crippen molar-refractivity contribution in [3.8, 4) is 0 Å². The Morgan fingerprint density at radius 3 is 2.50 bits per heavy atom. The lowest BCUT2D eigenvalue weighted by Crippen LogP contribution is -2.30. The van der Waals surface area contributed by atoms with Crippen molar-refractivity contribution >= 4 is 29.1 Å². The van der Waals surface area contributed by atoms with Gasteiger partial charge in [-0.3, -0.25) is 4.98 Å². The second-order valence-corrected chi connectivity index (χ2v) is 7.86. The third kappa shape index (κ3) is 3.35. The van der Waals surface area contributed by atoms with Crippen LogP contribution in [-0.4, -0.2) is 16.1 Å². The molecule has 3 nitrogen and oxygen atoms in total. The SMILES string of the molecule is Cc1c(C)n(Cc2ccccc2F)c2c(N3CCc4ccccc4C3)ccnc12.Cl. The number of fused-ring (bicyclic) bond motifs is 2. The summed E-state index contributed by atoms with van der Waals surface area (Å²) in [5, 5.41) is 0. The molecule has 0 spiro atoms. The molecule has 5 rings (SSSR count). The molecule has 0 saturated carbocycles. The number of hydrogen-bond acceptors (Lipinski definition) is 2. The lowest BCUT2D eigenvalue weighted by Gasteiger charge is -2.31. The van der Waals surface area contributed by atoms with Crippen molar-refractivity contribution in [1.29, 1.82) is 0 Å². The number of hydrogen-bond donors (Lipinski definition) is 0. The van der Waals surface area contributed by atoms with E-state index in [1.54, 1.807) is 6.07 Å². The summed E-state index contributed by atoms with van der Waals surface area (Å²) in [5.74, 6) is -0.163. The van der Waals surface area contributed by atoms with Crippen LogP contribution in [0.4, 0.5) is 10.1 Å². The Balaban J connectivity index is 0.00000218. The third-order valence-electron chi connectivity index (χ3n) is 6.23. The Kier molecular flexibility index (Phi) is 5.52. The topological polar surface area (TPSA) is 21.1 Å². The van der Waals surface area contributed by atoms with Gasteiger partial charge in [0, 0.05) is 30.5 Å². The largest absolute Gasteiger partial charge is 0.365 e. The molecule has 0 fully saturated rings. The van der Waals surface area contributed by atoms with Crippen LogP contribution in [0.1, 0.15) is 27.9 Å². The number of halogens is 2. The number of nitrogens with zero attached hydrogens (tertiary/aromatic N) is 3. The van der Waals surface area contributed by atoms with Gasteiger partial charge in [-0.25, -0.2) is 4.39 Å². The molecule has 0 radical (unpaired) electrons. The zero-order valence-electron chi connectivity index (χ0n) is 17.2. The fourth-order valence-electron chi connectivity index (χ4n) is 4.48. The van der Waals surface area contributed by atoms with Crippen LogP contribution >= 0.6 is 12.4 Å². The highest BCUT2D eigenvalue weighted by molar-refractivity contribution is 5.92. The van der Waals surface area contributed by atoms with E-state index in [2.05, 4.69) is 58.6 Å². The number of benzene rings is 2. The van der Waals surface area contributed by atoms with E-state index in [0.717, 1.165) is 41.8 Å². The van der Waals surface area contributed by atoms with Gasteiger partial charge in [0.2, 0.25) is 0 Å². The molecular formula is C25H25ClFN3. The van der Waals surface area contributed by atoms with E-state index in [0.29, 0.717) is 12.1 Å². The van der Waals surface area contributed by atoms with E-state index in [-0.39, 0.29) is 18.2 Å². The van der Waals surface area contributed by atoms with Crippen LogP contribution in [0.5, 0.6) is 0 Å². The second-order valence-electron chi connectivity index (χ2n) is 7.86. The highest BCUT2D eigenvalue weighted by Crippen LogP contribution is 2.34. The van der Waals surface area contributed by atoms with Crippen LogP contribution in [0.25, 0.3) is 11.0 Å². The summed E-state index contributed by atoms with van der Waals surface area (Å²) in [6.45, 7) is 6.58. The third-order valence-corrected chi connectivity index (χ3v) is 6.23. The molecule has 0 amide bonds. The molecule has 0 N–H and O–H groups in total. The van der Waals surface area contributed by atoms with Crippen molar-refractivity contribution in [1.82, 2.24) is 9.55 Å². The molecule has 1 aliphatic heterocycles. The minimum atomic E-state index is -0.163. The lowest BCUT2D eigenvalue weighted by atomic mass is 9.99. The van der Waals surface area contributed by atoms with Crippen LogP contribution in [0.3, 0.4) is 0 Å². The monoisotopic (exact) mass is 421 g/mol. The van der Waals surface area contributed by atoms with Gasteiger partial charge in [0.25, 0.3) is 0 Å². The smallest absolute Gasteiger partial charge is 0.128 e. The van der Waals surface area contributed by atoms with Gasteiger partial charge < -0.3 is 9.47 Å². The molecule has 1 aliphatic rings. The molecule has 2 aromatic heterocycles. The molecule has 30 heavy (non-hydrogen) atoms. The van der Waals surface area contributed by atoms with Crippen LogP contribution in [0.2, 0.25) is 0 Å². The molecule has 5 heteroatoms. The van der Waals surface area contributed by atoms with E-state index in [4.69, 9.17) is 0 Å². The number of anilines is 1. The molecule has 154 valence electrons. The summed E-state index contributed by atoms with van der Waals surface area (Å²) in [6, 6.07) is 17.8. The van der Waals surface area contributed by atoms with E-state index in [9.17, 15) is 4.39 Å². The maximum absolute atomic E-state index is 14.4. The van der Waals surface area contributed by atoms with E-state index in [1.807, 2.05) is 18.3 Å². The summed E-state index contributed by atoms with van der Waals surface area (Å²) in [6.07, 6.45) is 2.93.